The van der Waals surface area contributed by atoms with Crippen molar-refractivity contribution in [1.29, 1.82) is 0 Å². The Hall–Kier alpha value is -1.47. The Morgan fingerprint density at radius 1 is 1.45 bits per heavy atom. The Morgan fingerprint density at radius 2 is 2.23 bits per heavy atom. The van der Waals surface area contributed by atoms with Gasteiger partial charge in [-0.15, -0.1) is 0 Å². The standard InChI is InChI=1S/C15H18BrN3O3/c16-11-5-10(7-18-8-11)13(20)19-9-12-6-15(14(21)22-12)1-3-17-4-2-15/h5,7-8,12,17H,1-4,6,9H2,(H,19,20). The van der Waals surface area contributed by atoms with E-state index in [4.69, 9.17) is 4.74 Å². The van der Waals surface area contributed by atoms with Gasteiger partial charge in [-0.2, -0.15) is 0 Å². The van der Waals surface area contributed by atoms with Crippen LogP contribution in [0.15, 0.2) is 22.9 Å². The van der Waals surface area contributed by atoms with Gasteiger partial charge >= 0.3 is 5.97 Å². The smallest absolute Gasteiger partial charge is 0.312 e. The van der Waals surface area contributed by atoms with Crippen LogP contribution in [0.3, 0.4) is 0 Å². The fourth-order valence-electron chi connectivity index (χ4n) is 3.11. The van der Waals surface area contributed by atoms with Gasteiger partial charge in [0.15, 0.2) is 0 Å². The van der Waals surface area contributed by atoms with E-state index >= 15 is 0 Å². The average Bonchev–Trinajstić information content (AvgIpc) is 2.81. The molecule has 2 saturated heterocycles. The molecular weight excluding hydrogens is 350 g/mol. The topological polar surface area (TPSA) is 80.3 Å². The minimum absolute atomic E-state index is 0.114. The lowest BCUT2D eigenvalue weighted by Gasteiger charge is -2.29. The van der Waals surface area contributed by atoms with Gasteiger partial charge in [0.1, 0.15) is 6.10 Å². The largest absolute Gasteiger partial charge is 0.460 e. The number of cyclic esters (lactones) is 1. The molecule has 0 radical (unpaired) electrons. The zero-order valence-corrected chi connectivity index (χ0v) is 13.7. The molecule has 6 nitrogen and oxygen atoms in total. The van der Waals surface area contributed by atoms with Crippen LogP contribution >= 0.6 is 15.9 Å². The third-order valence-electron chi connectivity index (χ3n) is 4.34. The first kappa shape index (κ1) is 15.4. The number of carbonyl (C=O) groups is 2. The summed E-state index contributed by atoms with van der Waals surface area (Å²) in [6.07, 6.45) is 5.20. The number of aromatic nitrogens is 1. The molecule has 118 valence electrons. The van der Waals surface area contributed by atoms with E-state index in [1.54, 1.807) is 12.3 Å². The van der Waals surface area contributed by atoms with Gasteiger partial charge < -0.3 is 15.4 Å². The van der Waals surface area contributed by atoms with Crippen molar-refractivity contribution in [2.45, 2.75) is 25.4 Å². The molecule has 1 aromatic rings. The summed E-state index contributed by atoms with van der Waals surface area (Å²) in [5.41, 5.74) is 0.133. The summed E-state index contributed by atoms with van der Waals surface area (Å²) in [6, 6.07) is 1.71. The van der Waals surface area contributed by atoms with Crippen LogP contribution in [0.2, 0.25) is 0 Å². The number of hydrogen-bond donors (Lipinski definition) is 2. The predicted molar refractivity (Wildman–Crippen MR) is 83.3 cm³/mol. The van der Waals surface area contributed by atoms with Gasteiger partial charge in [0.2, 0.25) is 0 Å². The quantitative estimate of drug-likeness (QED) is 0.786. The van der Waals surface area contributed by atoms with E-state index in [2.05, 4.69) is 31.5 Å². The minimum atomic E-state index is -0.349. The van der Waals surface area contributed by atoms with Crippen molar-refractivity contribution in [3.63, 3.8) is 0 Å². The summed E-state index contributed by atoms with van der Waals surface area (Å²) in [5.74, 6) is -0.325. The van der Waals surface area contributed by atoms with E-state index in [1.807, 2.05) is 0 Å². The average molecular weight is 368 g/mol. The summed E-state index contributed by atoms with van der Waals surface area (Å²) in [5, 5.41) is 6.08. The second-order valence-electron chi connectivity index (χ2n) is 5.86. The first-order chi connectivity index (χ1) is 10.6. The van der Waals surface area contributed by atoms with Crippen LogP contribution in [-0.4, -0.2) is 42.6 Å². The van der Waals surface area contributed by atoms with E-state index in [1.165, 1.54) is 6.20 Å². The summed E-state index contributed by atoms with van der Waals surface area (Å²) in [7, 11) is 0. The molecule has 2 aliphatic rings. The molecular formula is C15H18BrN3O3. The second kappa shape index (κ2) is 6.34. The Labute approximate surface area is 137 Å². The Kier molecular flexibility index (Phi) is 4.44. The van der Waals surface area contributed by atoms with Crippen LogP contribution in [0.5, 0.6) is 0 Å². The minimum Gasteiger partial charge on any atom is -0.460 e. The van der Waals surface area contributed by atoms with Crippen molar-refractivity contribution < 1.29 is 14.3 Å². The lowest BCUT2D eigenvalue weighted by Crippen LogP contribution is -2.39. The molecule has 0 aliphatic carbocycles. The number of nitrogens with zero attached hydrogens (tertiary/aromatic N) is 1. The molecule has 22 heavy (non-hydrogen) atoms. The number of halogens is 1. The van der Waals surface area contributed by atoms with Crippen LogP contribution < -0.4 is 10.6 Å². The van der Waals surface area contributed by atoms with Crippen molar-refractivity contribution in [1.82, 2.24) is 15.6 Å². The fraction of sp³-hybridized carbons (Fsp3) is 0.533. The molecule has 1 unspecified atom stereocenters. The number of rotatable bonds is 3. The third-order valence-corrected chi connectivity index (χ3v) is 4.78. The molecule has 3 rings (SSSR count). The lowest BCUT2D eigenvalue weighted by atomic mass is 9.76. The number of amides is 1. The van der Waals surface area contributed by atoms with Crippen LogP contribution in [0.25, 0.3) is 0 Å². The molecule has 2 aliphatic heterocycles. The monoisotopic (exact) mass is 367 g/mol. The van der Waals surface area contributed by atoms with Crippen molar-refractivity contribution in [3.8, 4) is 0 Å². The molecule has 0 saturated carbocycles. The molecule has 1 aromatic heterocycles. The summed E-state index contributed by atoms with van der Waals surface area (Å²) in [6.45, 7) is 2.03. The number of nitrogens with one attached hydrogen (secondary N) is 2. The van der Waals surface area contributed by atoms with Crippen molar-refractivity contribution >= 4 is 27.8 Å². The maximum absolute atomic E-state index is 12.1. The normalized spacial score (nSPS) is 23.3. The molecule has 2 fully saturated rings. The van der Waals surface area contributed by atoms with Gasteiger partial charge in [-0.25, -0.2) is 0 Å². The highest BCUT2D eigenvalue weighted by molar-refractivity contribution is 9.10. The van der Waals surface area contributed by atoms with E-state index in [9.17, 15) is 9.59 Å². The highest BCUT2D eigenvalue weighted by Crippen LogP contribution is 2.41. The highest BCUT2D eigenvalue weighted by Gasteiger charge is 2.49. The number of ether oxygens (including phenoxy) is 1. The summed E-state index contributed by atoms with van der Waals surface area (Å²) < 4.78 is 6.21. The number of pyridine rings is 1. The van der Waals surface area contributed by atoms with E-state index in [-0.39, 0.29) is 23.4 Å². The van der Waals surface area contributed by atoms with Crippen molar-refractivity contribution in [2.75, 3.05) is 19.6 Å². The van der Waals surface area contributed by atoms with Gasteiger partial charge in [-0.3, -0.25) is 14.6 Å². The number of esters is 1. The predicted octanol–water partition coefficient (Wildman–Crippen LogP) is 1.26. The van der Waals surface area contributed by atoms with Crippen LogP contribution in [0.4, 0.5) is 0 Å². The van der Waals surface area contributed by atoms with Gasteiger partial charge in [0.05, 0.1) is 17.5 Å². The zero-order chi connectivity index (χ0) is 15.6. The summed E-state index contributed by atoms with van der Waals surface area (Å²) in [4.78, 5) is 28.2. The van der Waals surface area contributed by atoms with E-state index in [0.717, 1.165) is 30.4 Å². The maximum atomic E-state index is 12.1. The SMILES string of the molecule is O=C(NCC1CC2(CCNCC2)C(=O)O1)c1cncc(Br)c1. The Balaban J connectivity index is 1.56. The molecule has 7 heteroatoms. The fourth-order valence-corrected chi connectivity index (χ4v) is 3.47. The molecule has 0 bridgehead atoms. The Bertz CT molecular complexity index is 587. The molecule has 1 amide bonds. The molecule has 1 spiro atoms. The van der Waals surface area contributed by atoms with Gasteiger partial charge in [-0.1, -0.05) is 0 Å². The first-order valence-corrected chi connectivity index (χ1v) is 8.19. The van der Waals surface area contributed by atoms with Gasteiger partial charge in [-0.05, 0) is 47.9 Å². The van der Waals surface area contributed by atoms with Crippen molar-refractivity contribution in [3.05, 3.63) is 28.5 Å². The van der Waals surface area contributed by atoms with E-state index in [0.29, 0.717) is 18.5 Å². The van der Waals surface area contributed by atoms with Gasteiger partial charge in [0, 0.05) is 23.3 Å². The third kappa shape index (κ3) is 3.15. The lowest BCUT2D eigenvalue weighted by molar-refractivity contribution is -0.149. The summed E-state index contributed by atoms with van der Waals surface area (Å²) >= 11 is 3.29. The molecule has 3 heterocycles. The molecule has 1 atom stereocenters. The zero-order valence-electron chi connectivity index (χ0n) is 12.1. The highest BCUT2D eigenvalue weighted by atomic mass is 79.9. The van der Waals surface area contributed by atoms with Gasteiger partial charge in [0.25, 0.3) is 5.91 Å². The maximum Gasteiger partial charge on any atom is 0.312 e. The number of carbonyl (C=O) groups excluding carboxylic acids is 2. The molecule has 2 N–H and O–H groups in total. The van der Waals surface area contributed by atoms with Crippen LogP contribution in [-0.2, 0) is 9.53 Å². The first-order valence-electron chi connectivity index (χ1n) is 7.40. The number of hydrogen-bond acceptors (Lipinski definition) is 5. The second-order valence-corrected chi connectivity index (χ2v) is 6.78. The van der Waals surface area contributed by atoms with Crippen molar-refractivity contribution in [2.24, 2.45) is 5.41 Å². The van der Waals surface area contributed by atoms with Crippen LogP contribution in [0, 0.1) is 5.41 Å². The van der Waals surface area contributed by atoms with Crippen LogP contribution in [0.1, 0.15) is 29.6 Å². The van der Waals surface area contributed by atoms with E-state index < -0.39 is 0 Å². The number of piperidine rings is 1. The Morgan fingerprint density at radius 3 is 2.95 bits per heavy atom. The molecule has 0 aromatic carbocycles.